The van der Waals surface area contributed by atoms with Crippen molar-refractivity contribution in [2.45, 2.75) is 77.0 Å². The van der Waals surface area contributed by atoms with Gasteiger partial charge in [-0.25, -0.2) is 4.79 Å². The largest absolute Gasteiger partial charge is 0.480 e. The Morgan fingerprint density at radius 2 is 1.70 bits per heavy atom. The molecule has 0 saturated carbocycles. The van der Waals surface area contributed by atoms with Gasteiger partial charge in [-0.15, -0.1) is 0 Å². The Bertz CT molecular complexity index is 1230. The van der Waals surface area contributed by atoms with Crippen LogP contribution in [0.25, 0.3) is 0 Å². The van der Waals surface area contributed by atoms with E-state index in [0.717, 1.165) is 43.2 Å². The number of nitrogens with one attached hydrogen (secondary N) is 1. The molecule has 0 aliphatic carbocycles. The SMILES string of the molecule is CCOC(=O)[C@H](CCCCC1CCN(C(=O)OCc2ccccc2)CC1)NC1CCc2ccccc2N(CC(=O)O)C1=O. The number of aryl methyl sites for hydroxylation is 1. The van der Waals surface area contributed by atoms with Crippen molar-refractivity contribution in [1.29, 1.82) is 0 Å². The molecule has 2 N–H and O–H groups in total. The molecule has 1 fully saturated rings. The molecule has 0 bridgehead atoms. The zero-order valence-corrected chi connectivity index (χ0v) is 24.9. The number of rotatable bonds is 13. The Morgan fingerprint density at radius 3 is 2.42 bits per heavy atom. The van der Waals surface area contributed by atoms with Crippen LogP contribution in [0, 0.1) is 5.92 Å². The molecule has 2 heterocycles. The molecule has 2 atom stereocenters. The van der Waals surface area contributed by atoms with Gasteiger partial charge in [0.25, 0.3) is 0 Å². The van der Waals surface area contributed by atoms with E-state index in [9.17, 15) is 24.3 Å². The zero-order chi connectivity index (χ0) is 30.6. The van der Waals surface area contributed by atoms with Crippen molar-refractivity contribution in [2.75, 3.05) is 31.1 Å². The number of piperidine rings is 1. The van der Waals surface area contributed by atoms with Gasteiger partial charge in [0.2, 0.25) is 5.91 Å². The molecule has 0 spiro atoms. The number of benzene rings is 2. The average Bonchev–Trinajstić information content (AvgIpc) is 3.14. The lowest BCUT2D eigenvalue weighted by Gasteiger charge is -2.31. The first kappa shape index (κ1) is 32.0. The van der Waals surface area contributed by atoms with E-state index in [0.29, 0.717) is 44.0 Å². The fourth-order valence-electron chi connectivity index (χ4n) is 5.92. The van der Waals surface area contributed by atoms with Crippen LogP contribution >= 0.6 is 0 Å². The number of anilines is 1. The van der Waals surface area contributed by atoms with Crippen molar-refractivity contribution in [1.82, 2.24) is 10.2 Å². The molecule has 1 saturated heterocycles. The van der Waals surface area contributed by atoms with Crippen LogP contribution in [0.1, 0.15) is 63.0 Å². The third kappa shape index (κ3) is 9.28. The molecule has 4 rings (SSSR count). The maximum absolute atomic E-state index is 13.5. The highest BCUT2D eigenvalue weighted by Crippen LogP contribution is 2.28. The number of carbonyl (C=O) groups excluding carboxylic acids is 3. The highest BCUT2D eigenvalue weighted by molar-refractivity contribution is 6.02. The molecule has 1 unspecified atom stereocenters. The number of hydrogen-bond acceptors (Lipinski definition) is 7. The van der Waals surface area contributed by atoms with E-state index in [1.807, 2.05) is 42.5 Å². The molecule has 2 amide bonds. The summed E-state index contributed by atoms with van der Waals surface area (Å²) in [5.41, 5.74) is 2.47. The van der Waals surface area contributed by atoms with Gasteiger partial charge in [0.1, 0.15) is 19.2 Å². The number of likely N-dealkylation sites (tertiary alicyclic amines) is 1. The molecule has 2 aliphatic heterocycles. The Balaban J connectivity index is 1.25. The predicted octanol–water partition coefficient (Wildman–Crippen LogP) is 4.55. The summed E-state index contributed by atoms with van der Waals surface area (Å²) in [6, 6.07) is 15.6. The predicted molar refractivity (Wildman–Crippen MR) is 161 cm³/mol. The second-order valence-corrected chi connectivity index (χ2v) is 11.3. The number of esters is 1. The van der Waals surface area contributed by atoms with Gasteiger partial charge in [0.05, 0.1) is 12.6 Å². The molecule has 43 heavy (non-hydrogen) atoms. The minimum absolute atomic E-state index is 0.235. The summed E-state index contributed by atoms with van der Waals surface area (Å²) in [6.07, 6.45) is 5.78. The van der Waals surface area contributed by atoms with Crippen LogP contribution < -0.4 is 10.2 Å². The highest BCUT2D eigenvalue weighted by atomic mass is 16.6. The summed E-state index contributed by atoms with van der Waals surface area (Å²) in [5, 5.41) is 12.7. The summed E-state index contributed by atoms with van der Waals surface area (Å²) >= 11 is 0. The van der Waals surface area contributed by atoms with E-state index in [4.69, 9.17) is 9.47 Å². The van der Waals surface area contributed by atoms with Crippen LogP contribution in [0.3, 0.4) is 0 Å². The molecular weight excluding hydrogens is 550 g/mol. The van der Waals surface area contributed by atoms with E-state index in [-0.39, 0.29) is 25.2 Å². The summed E-state index contributed by atoms with van der Waals surface area (Å²) in [6.45, 7) is 3.15. The lowest BCUT2D eigenvalue weighted by atomic mass is 9.91. The summed E-state index contributed by atoms with van der Waals surface area (Å²) < 4.78 is 10.8. The number of unbranched alkanes of at least 4 members (excludes halogenated alkanes) is 1. The van der Waals surface area contributed by atoms with Crippen molar-refractivity contribution < 1.29 is 33.8 Å². The van der Waals surface area contributed by atoms with Crippen LogP contribution in [0.5, 0.6) is 0 Å². The van der Waals surface area contributed by atoms with Gasteiger partial charge in [-0.3, -0.25) is 24.6 Å². The first-order chi connectivity index (χ1) is 20.9. The normalized spacial score (nSPS) is 18.0. The Hall–Kier alpha value is -3.92. The maximum atomic E-state index is 13.5. The first-order valence-electron chi connectivity index (χ1n) is 15.3. The van der Waals surface area contributed by atoms with Gasteiger partial charge in [-0.05, 0) is 62.1 Å². The summed E-state index contributed by atoms with van der Waals surface area (Å²) in [5.74, 6) is -1.35. The molecule has 232 valence electrons. The van der Waals surface area contributed by atoms with Gasteiger partial charge in [-0.1, -0.05) is 67.8 Å². The second kappa shape index (κ2) is 16.1. The third-order valence-electron chi connectivity index (χ3n) is 8.25. The molecule has 2 aliphatic rings. The van der Waals surface area contributed by atoms with Gasteiger partial charge >= 0.3 is 18.0 Å². The van der Waals surface area contributed by atoms with E-state index >= 15 is 0 Å². The number of fused-ring (bicyclic) bond motifs is 1. The summed E-state index contributed by atoms with van der Waals surface area (Å²) in [4.78, 5) is 53.5. The van der Waals surface area contributed by atoms with Crippen LogP contribution in [0.15, 0.2) is 54.6 Å². The molecule has 0 radical (unpaired) electrons. The lowest BCUT2D eigenvalue weighted by Crippen LogP contribution is -2.53. The smallest absolute Gasteiger partial charge is 0.410 e. The first-order valence-corrected chi connectivity index (χ1v) is 15.3. The minimum atomic E-state index is -1.10. The minimum Gasteiger partial charge on any atom is -0.480 e. The maximum Gasteiger partial charge on any atom is 0.410 e. The lowest BCUT2D eigenvalue weighted by molar-refractivity contribution is -0.146. The molecule has 10 heteroatoms. The number of carbonyl (C=O) groups is 4. The Morgan fingerprint density at radius 1 is 0.977 bits per heavy atom. The van der Waals surface area contributed by atoms with Crippen LogP contribution in [0.4, 0.5) is 10.5 Å². The topological polar surface area (TPSA) is 125 Å². The number of para-hydroxylation sites is 1. The van der Waals surface area contributed by atoms with Crippen LogP contribution in [-0.2, 0) is 36.9 Å². The van der Waals surface area contributed by atoms with E-state index in [1.54, 1.807) is 24.0 Å². The molecule has 2 aromatic carbocycles. The highest BCUT2D eigenvalue weighted by Gasteiger charge is 2.34. The summed E-state index contributed by atoms with van der Waals surface area (Å²) in [7, 11) is 0. The number of carboxylic acids is 1. The van der Waals surface area contributed by atoms with E-state index < -0.39 is 30.6 Å². The van der Waals surface area contributed by atoms with Gasteiger partial charge < -0.3 is 19.5 Å². The second-order valence-electron chi connectivity index (χ2n) is 11.3. The van der Waals surface area contributed by atoms with E-state index in [1.165, 1.54) is 4.90 Å². The Kier molecular flexibility index (Phi) is 12.0. The van der Waals surface area contributed by atoms with E-state index in [2.05, 4.69) is 5.32 Å². The number of amides is 2. The zero-order valence-electron chi connectivity index (χ0n) is 24.9. The van der Waals surface area contributed by atoms with Crippen molar-refractivity contribution >= 4 is 29.6 Å². The average molecular weight is 594 g/mol. The fraction of sp³-hybridized carbons (Fsp3) is 0.515. The molecule has 2 aromatic rings. The number of hydrogen-bond donors (Lipinski definition) is 2. The van der Waals surface area contributed by atoms with Gasteiger partial charge in [0.15, 0.2) is 0 Å². The monoisotopic (exact) mass is 593 g/mol. The number of carboxylic acid groups (broad SMARTS) is 1. The Labute approximate surface area is 253 Å². The molecule has 0 aromatic heterocycles. The van der Waals surface area contributed by atoms with Gasteiger partial charge in [0, 0.05) is 18.8 Å². The molecular formula is C33H43N3O7. The van der Waals surface area contributed by atoms with Crippen molar-refractivity contribution in [2.24, 2.45) is 5.92 Å². The van der Waals surface area contributed by atoms with Gasteiger partial charge in [-0.2, -0.15) is 0 Å². The van der Waals surface area contributed by atoms with Crippen LogP contribution in [-0.4, -0.2) is 72.3 Å². The van der Waals surface area contributed by atoms with Crippen molar-refractivity contribution in [3.05, 3.63) is 65.7 Å². The molecule has 10 nitrogen and oxygen atoms in total. The third-order valence-corrected chi connectivity index (χ3v) is 8.25. The number of ether oxygens (including phenoxy) is 2. The fourth-order valence-corrected chi connectivity index (χ4v) is 5.92. The van der Waals surface area contributed by atoms with Crippen LogP contribution in [0.2, 0.25) is 0 Å². The number of aliphatic carboxylic acids is 1. The quantitative estimate of drug-likeness (QED) is 0.256. The van der Waals surface area contributed by atoms with Crippen molar-refractivity contribution in [3.8, 4) is 0 Å². The number of nitrogens with zero attached hydrogens (tertiary/aromatic N) is 2. The van der Waals surface area contributed by atoms with Crippen molar-refractivity contribution in [3.63, 3.8) is 0 Å². The standard InChI is InChI=1S/C33H43N3O7/c1-2-42-32(40)28(34-27-17-16-26-13-7-9-15-29(26)36(31(27)39)22-30(37)38)14-8-6-10-24-18-20-35(21-19-24)33(41)43-23-25-11-4-3-5-12-25/h3-5,7,9,11-13,15,24,27-28,34H,2,6,8,10,14,16-23H2,1H3,(H,37,38)/t27?,28-/m0/s1.